The molecule has 2 amide bonds. The van der Waals surface area contributed by atoms with Gasteiger partial charge < -0.3 is 0 Å². The SMILES string of the molecule is CN1C(=O)c2c(-c3ccc(Cl)cc3)cnc(-c3ccc(Cl)cc3)c2C1=O. The van der Waals surface area contributed by atoms with E-state index in [1.54, 1.807) is 54.7 Å². The molecule has 0 N–H and O–H groups in total. The van der Waals surface area contributed by atoms with Crippen LogP contribution >= 0.6 is 23.2 Å². The van der Waals surface area contributed by atoms with Crippen LogP contribution in [-0.4, -0.2) is 28.7 Å². The molecule has 4 rings (SSSR count). The number of carbonyl (C=O) groups excluding carboxylic acids is 2. The quantitative estimate of drug-likeness (QED) is 0.589. The molecule has 1 aromatic heterocycles. The number of imide groups is 1. The lowest BCUT2D eigenvalue weighted by Crippen LogP contribution is -2.24. The Hall–Kier alpha value is -2.69. The monoisotopic (exact) mass is 382 g/mol. The standard InChI is InChI=1S/C20H12Cl2N2O2/c1-24-19(25)16-15(11-2-6-13(21)7-3-11)10-23-18(17(16)20(24)26)12-4-8-14(22)9-5-12/h2-10H,1H3. The van der Waals surface area contributed by atoms with Gasteiger partial charge in [-0.2, -0.15) is 0 Å². The van der Waals surface area contributed by atoms with E-state index < -0.39 is 0 Å². The van der Waals surface area contributed by atoms with Crippen molar-refractivity contribution in [2.24, 2.45) is 0 Å². The van der Waals surface area contributed by atoms with Crippen molar-refractivity contribution < 1.29 is 9.59 Å². The number of fused-ring (bicyclic) bond motifs is 1. The molecule has 26 heavy (non-hydrogen) atoms. The molecule has 0 unspecified atom stereocenters. The van der Waals surface area contributed by atoms with E-state index >= 15 is 0 Å². The summed E-state index contributed by atoms with van der Waals surface area (Å²) in [5.74, 6) is -0.703. The predicted octanol–water partition coefficient (Wildman–Crippen LogP) is 4.95. The van der Waals surface area contributed by atoms with Crippen molar-refractivity contribution in [3.8, 4) is 22.4 Å². The second-order valence-corrected chi connectivity index (χ2v) is 6.83. The highest BCUT2D eigenvalue weighted by molar-refractivity contribution is 6.31. The number of halogens is 2. The number of aromatic nitrogens is 1. The smallest absolute Gasteiger partial charge is 0.263 e. The molecule has 0 saturated heterocycles. The molecule has 2 aromatic carbocycles. The molecule has 0 bridgehead atoms. The van der Waals surface area contributed by atoms with Gasteiger partial charge >= 0.3 is 0 Å². The molecule has 1 aliphatic heterocycles. The van der Waals surface area contributed by atoms with Gasteiger partial charge in [0.2, 0.25) is 0 Å². The fourth-order valence-electron chi connectivity index (χ4n) is 3.04. The number of rotatable bonds is 2. The summed E-state index contributed by atoms with van der Waals surface area (Å²) in [4.78, 5) is 31.1. The van der Waals surface area contributed by atoms with Crippen molar-refractivity contribution >= 4 is 35.0 Å². The Bertz CT molecular complexity index is 960. The molecule has 2 heterocycles. The molecule has 0 fully saturated rings. The second kappa shape index (κ2) is 6.24. The maximum Gasteiger partial charge on any atom is 0.263 e. The summed E-state index contributed by atoms with van der Waals surface area (Å²) in [7, 11) is 1.47. The van der Waals surface area contributed by atoms with Crippen LogP contribution in [0.1, 0.15) is 20.7 Å². The Morgan fingerprint density at radius 2 is 1.27 bits per heavy atom. The van der Waals surface area contributed by atoms with Gasteiger partial charge in [-0.25, -0.2) is 0 Å². The number of hydrogen-bond donors (Lipinski definition) is 0. The molecule has 3 aromatic rings. The maximum atomic E-state index is 12.7. The molecule has 6 heteroatoms. The van der Waals surface area contributed by atoms with Gasteiger partial charge in [0.05, 0.1) is 16.8 Å². The molecule has 1 aliphatic rings. The van der Waals surface area contributed by atoms with E-state index in [2.05, 4.69) is 4.98 Å². The molecular formula is C20H12Cl2N2O2. The van der Waals surface area contributed by atoms with Crippen molar-refractivity contribution in [3.63, 3.8) is 0 Å². The van der Waals surface area contributed by atoms with Crippen LogP contribution < -0.4 is 0 Å². The maximum absolute atomic E-state index is 12.7. The van der Waals surface area contributed by atoms with Crippen LogP contribution in [-0.2, 0) is 0 Å². The van der Waals surface area contributed by atoms with Crippen LogP contribution in [0.25, 0.3) is 22.4 Å². The van der Waals surface area contributed by atoms with Crippen LogP contribution in [0.15, 0.2) is 54.7 Å². The highest BCUT2D eigenvalue weighted by atomic mass is 35.5. The number of nitrogens with zero attached hydrogens (tertiary/aromatic N) is 2. The number of hydrogen-bond acceptors (Lipinski definition) is 3. The van der Waals surface area contributed by atoms with Crippen LogP contribution in [0.5, 0.6) is 0 Å². The zero-order valence-corrected chi connectivity index (χ0v) is 15.2. The first-order chi connectivity index (χ1) is 12.5. The van der Waals surface area contributed by atoms with E-state index in [9.17, 15) is 9.59 Å². The summed E-state index contributed by atoms with van der Waals surface area (Å²) in [6.45, 7) is 0. The molecule has 0 radical (unpaired) electrons. The Labute approximate surface area is 160 Å². The molecule has 128 valence electrons. The van der Waals surface area contributed by atoms with Crippen molar-refractivity contribution in [1.82, 2.24) is 9.88 Å². The second-order valence-electron chi connectivity index (χ2n) is 5.95. The van der Waals surface area contributed by atoms with Gasteiger partial charge in [-0.15, -0.1) is 0 Å². The summed E-state index contributed by atoms with van der Waals surface area (Å²) >= 11 is 11.9. The van der Waals surface area contributed by atoms with Crippen molar-refractivity contribution in [1.29, 1.82) is 0 Å². The van der Waals surface area contributed by atoms with Gasteiger partial charge in [-0.1, -0.05) is 47.5 Å². The highest BCUT2D eigenvalue weighted by Gasteiger charge is 2.38. The highest BCUT2D eigenvalue weighted by Crippen LogP contribution is 2.37. The fourth-order valence-corrected chi connectivity index (χ4v) is 3.30. The van der Waals surface area contributed by atoms with E-state index in [-0.39, 0.29) is 11.8 Å². The van der Waals surface area contributed by atoms with E-state index in [1.165, 1.54) is 7.05 Å². The number of amides is 2. The fraction of sp³-hybridized carbons (Fsp3) is 0.0500. The third-order valence-corrected chi connectivity index (χ3v) is 4.89. The Morgan fingerprint density at radius 1 is 0.769 bits per heavy atom. The molecular weight excluding hydrogens is 371 g/mol. The third kappa shape index (κ3) is 2.59. The Morgan fingerprint density at radius 3 is 1.85 bits per heavy atom. The number of benzene rings is 2. The lowest BCUT2D eigenvalue weighted by atomic mass is 9.95. The van der Waals surface area contributed by atoms with Crippen molar-refractivity contribution in [2.45, 2.75) is 0 Å². The van der Waals surface area contributed by atoms with Gasteiger partial charge in [-0.05, 0) is 29.8 Å². The van der Waals surface area contributed by atoms with E-state index in [1.807, 2.05) is 0 Å². The van der Waals surface area contributed by atoms with Crippen LogP contribution in [0.2, 0.25) is 10.0 Å². The van der Waals surface area contributed by atoms with E-state index in [0.29, 0.717) is 32.4 Å². The summed E-state index contributed by atoms with van der Waals surface area (Å²) in [5, 5.41) is 1.18. The van der Waals surface area contributed by atoms with Gasteiger partial charge in [0.25, 0.3) is 11.8 Å². The lowest BCUT2D eigenvalue weighted by molar-refractivity contribution is 0.0693. The summed E-state index contributed by atoms with van der Waals surface area (Å²) in [6, 6.07) is 14.1. The van der Waals surface area contributed by atoms with Crippen LogP contribution in [0.4, 0.5) is 0 Å². The first-order valence-electron chi connectivity index (χ1n) is 7.84. The first-order valence-corrected chi connectivity index (χ1v) is 8.60. The van der Waals surface area contributed by atoms with Gasteiger partial charge in [-0.3, -0.25) is 19.5 Å². The molecule has 0 atom stereocenters. The van der Waals surface area contributed by atoms with E-state index in [0.717, 1.165) is 16.0 Å². The molecule has 0 saturated carbocycles. The lowest BCUT2D eigenvalue weighted by Gasteiger charge is -2.10. The predicted molar refractivity (Wildman–Crippen MR) is 102 cm³/mol. The topological polar surface area (TPSA) is 50.3 Å². The first kappa shape index (κ1) is 16.8. The van der Waals surface area contributed by atoms with E-state index in [4.69, 9.17) is 23.2 Å². The number of pyridine rings is 1. The minimum absolute atomic E-state index is 0.312. The van der Waals surface area contributed by atoms with Crippen LogP contribution in [0, 0.1) is 0 Å². The average molecular weight is 383 g/mol. The summed E-state index contributed by atoms with van der Waals surface area (Å²) < 4.78 is 0. The largest absolute Gasteiger partial charge is 0.277 e. The molecule has 0 spiro atoms. The van der Waals surface area contributed by atoms with Gasteiger partial charge in [0.1, 0.15) is 0 Å². The zero-order valence-electron chi connectivity index (χ0n) is 13.7. The Kier molecular flexibility index (Phi) is 4.02. The van der Waals surface area contributed by atoms with Crippen molar-refractivity contribution in [2.75, 3.05) is 7.05 Å². The number of carbonyl (C=O) groups is 2. The normalized spacial score (nSPS) is 13.3. The summed E-state index contributed by atoms with van der Waals surface area (Å²) in [5.41, 5.74) is 3.25. The van der Waals surface area contributed by atoms with Gasteiger partial charge in [0, 0.05) is 34.4 Å². The minimum Gasteiger partial charge on any atom is -0.277 e. The minimum atomic E-state index is -0.363. The molecule has 4 nitrogen and oxygen atoms in total. The zero-order chi connectivity index (χ0) is 18.4. The molecule has 0 aliphatic carbocycles. The third-order valence-electron chi connectivity index (χ3n) is 4.39. The average Bonchev–Trinajstić information content (AvgIpc) is 2.88. The van der Waals surface area contributed by atoms with Crippen LogP contribution in [0.3, 0.4) is 0 Å². The summed E-state index contributed by atoms with van der Waals surface area (Å²) in [6.07, 6.45) is 1.62. The van der Waals surface area contributed by atoms with Gasteiger partial charge in [0.15, 0.2) is 0 Å². The van der Waals surface area contributed by atoms with Crippen molar-refractivity contribution in [3.05, 3.63) is 75.9 Å². The Balaban J connectivity index is 1.98.